The van der Waals surface area contributed by atoms with E-state index in [1.54, 1.807) is 7.05 Å². The van der Waals surface area contributed by atoms with E-state index < -0.39 is 17.2 Å². The van der Waals surface area contributed by atoms with Gasteiger partial charge >= 0.3 is 11.7 Å². The summed E-state index contributed by atoms with van der Waals surface area (Å²) in [5.74, 6) is 0.144. The van der Waals surface area contributed by atoms with Gasteiger partial charge in [-0.05, 0) is 25.8 Å². The Morgan fingerprint density at radius 1 is 1.03 bits per heavy atom. The number of aryl methyl sites for hydroxylation is 4. The predicted octanol–water partition coefficient (Wildman–Crippen LogP) is 1.57. The molecule has 0 saturated heterocycles. The molecule has 0 fully saturated rings. The summed E-state index contributed by atoms with van der Waals surface area (Å²) < 4.78 is 11.0. The van der Waals surface area contributed by atoms with Gasteiger partial charge in [0, 0.05) is 31.5 Å². The van der Waals surface area contributed by atoms with Crippen molar-refractivity contribution in [3.05, 3.63) is 68.1 Å². The molecular formula is C22H25N5O4. The number of fused-ring (bicyclic) bond motifs is 3. The number of aromatic nitrogens is 5. The number of imidazole rings is 2. The summed E-state index contributed by atoms with van der Waals surface area (Å²) in [6.07, 6.45) is 0.756. The van der Waals surface area contributed by atoms with Crippen LogP contribution in [0.1, 0.15) is 23.4 Å². The van der Waals surface area contributed by atoms with E-state index in [0.29, 0.717) is 23.5 Å². The molecule has 3 heterocycles. The molecule has 0 aliphatic carbocycles. The summed E-state index contributed by atoms with van der Waals surface area (Å²) in [5.41, 5.74) is 2.80. The highest BCUT2D eigenvalue weighted by atomic mass is 16.5. The zero-order valence-corrected chi connectivity index (χ0v) is 18.1. The van der Waals surface area contributed by atoms with Gasteiger partial charge in [0.05, 0.1) is 13.5 Å². The van der Waals surface area contributed by atoms with Gasteiger partial charge in [0.25, 0.3) is 5.56 Å². The van der Waals surface area contributed by atoms with Crippen LogP contribution in [-0.2, 0) is 36.1 Å². The summed E-state index contributed by atoms with van der Waals surface area (Å²) in [6.45, 7) is 4.58. The first-order valence-corrected chi connectivity index (χ1v) is 10.1. The second-order valence-electron chi connectivity index (χ2n) is 7.60. The molecule has 0 unspecified atom stereocenters. The van der Waals surface area contributed by atoms with Crippen LogP contribution in [0.5, 0.6) is 0 Å². The maximum atomic E-state index is 13.3. The highest BCUT2D eigenvalue weighted by Crippen LogP contribution is 2.21. The molecule has 3 aromatic heterocycles. The fraction of sp³-hybridized carbons (Fsp3) is 0.364. The standard InChI is InChI=1S/C22H25N5O4/c1-14-15(2)27-18-19(23-21(27)25(14)12-10-16-8-6-5-7-9-16)24(3)22(30)26(20(18)29)13-11-17(28)31-4/h5-9H,10-13H2,1-4H3. The number of carbonyl (C=O) groups excluding carboxylic acids is 1. The molecule has 0 atom stereocenters. The van der Waals surface area contributed by atoms with Crippen LogP contribution in [0.25, 0.3) is 16.9 Å². The monoisotopic (exact) mass is 423 g/mol. The molecule has 0 amide bonds. The molecule has 1 aromatic carbocycles. The highest BCUT2D eigenvalue weighted by Gasteiger charge is 2.22. The molecule has 4 aromatic rings. The minimum Gasteiger partial charge on any atom is -0.469 e. The molecule has 0 aliphatic rings. The van der Waals surface area contributed by atoms with Crippen LogP contribution in [0, 0.1) is 13.8 Å². The number of hydrogen-bond acceptors (Lipinski definition) is 5. The van der Waals surface area contributed by atoms with Crippen LogP contribution >= 0.6 is 0 Å². The van der Waals surface area contributed by atoms with E-state index in [4.69, 9.17) is 0 Å². The third kappa shape index (κ3) is 3.35. The van der Waals surface area contributed by atoms with Crippen LogP contribution in [0.3, 0.4) is 0 Å². The third-order valence-corrected chi connectivity index (χ3v) is 5.86. The minimum absolute atomic E-state index is 0.0475. The largest absolute Gasteiger partial charge is 0.469 e. The van der Waals surface area contributed by atoms with Crippen molar-refractivity contribution in [1.29, 1.82) is 0 Å². The fourth-order valence-electron chi connectivity index (χ4n) is 3.97. The first kappa shape index (κ1) is 20.6. The average molecular weight is 423 g/mol. The predicted molar refractivity (Wildman–Crippen MR) is 116 cm³/mol. The first-order chi connectivity index (χ1) is 14.8. The van der Waals surface area contributed by atoms with Gasteiger partial charge in [-0.25, -0.2) is 4.79 Å². The van der Waals surface area contributed by atoms with Gasteiger partial charge in [-0.2, -0.15) is 4.98 Å². The normalized spacial score (nSPS) is 11.5. The van der Waals surface area contributed by atoms with Crippen molar-refractivity contribution in [1.82, 2.24) is 23.1 Å². The van der Waals surface area contributed by atoms with Crippen LogP contribution in [0.15, 0.2) is 39.9 Å². The van der Waals surface area contributed by atoms with Crippen molar-refractivity contribution in [2.45, 2.75) is 39.8 Å². The lowest BCUT2D eigenvalue weighted by molar-refractivity contribution is -0.140. The Morgan fingerprint density at radius 2 is 1.74 bits per heavy atom. The lowest BCUT2D eigenvalue weighted by Crippen LogP contribution is -2.40. The van der Waals surface area contributed by atoms with Crippen LogP contribution in [-0.4, -0.2) is 36.2 Å². The Bertz CT molecular complexity index is 1410. The number of esters is 1. The Balaban J connectivity index is 1.88. The van der Waals surface area contributed by atoms with Crippen molar-refractivity contribution in [3.8, 4) is 0 Å². The molecule has 0 aliphatic heterocycles. The molecular weight excluding hydrogens is 398 g/mol. The summed E-state index contributed by atoms with van der Waals surface area (Å²) in [6, 6.07) is 10.2. The zero-order chi connectivity index (χ0) is 22.3. The molecule has 0 N–H and O–H groups in total. The molecule has 0 spiro atoms. The molecule has 4 rings (SSSR count). The first-order valence-electron chi connectivity index (χ1n) is 10.1. The van der Waals surface area contributed by atoms with Gasteiger partial charge in [-0.15, -0.1) is 0 Å². The van der Waals surface area contributed by atoms with Crippen molar-refractivity contribution >= 4 is 22.9 Å². The van der Waals surface area contributed by atoms with E-state index in [0.717, 1.165) is 22.4 Å². The number of carbonyl (C=O) groups is 1. The minimum atomic E-state index is -0.507. The Morgan fingerprint density at radius 3 is 2.42 bits per heavy atom. The second-order valence-corrected chi connectivity index (χ2v) is 7.60. The fourth-order valence-corrected chi connectivity index (χ4v) is 3.97. The Hall–Kier alpha value is -3.62. The quantitative estimate of drug-likeness (QED) is 0.439. The number of ether oxygens (including phenoxy) is 1. The molecule has 0 radical (unpaired) electrons. The van der Waals surface area contributed by atoms with E-state index in [2.05, 4.69) is 26.4 Å². The zero-order valence-electron chi connectivity index (χ0n) is 18.1. The van der Waals surface area contributed by atoms with Gasteiger partial charge in [-0.3, -0.25) is 23.1 Å². The lowest BCUT2D eigenvalue weighted by Gasteiger charge is -2.08. The lowest BCUT2D eigenvalue weighted by atomic mass is 10.1. The molecule has 31 heavy (non-hydrogen) atoms. The van der Waals surface area contributed by atoms with E-state index in [1.165, 1.54) is 17.2 Å². The van der Waals surface area contributed by atoms with Crippen LogP contribution in [0.2, 0.25) is 0 Å². The average Bonchev–Trinajstić information content (AvgIpc) is 3.27. The van der Waals surface area contributed by atoms with Crippen molar-refractivity contribution in [3.63, 3.8) is 0 Å². The summed E-state index contributed by atoms with van der Waals surface area (Å²) in [7, 11) is 2.86. The highest BCUT2D eigenvalue weighted by molar-refractivity contribution is 5.76. The van der Waals surface area contributed by atoms with E-state index in [1.807, 2.05) is 36.4 Å². The maximum absolute atomic E-state index is 13.3. The molecule has 9 heteroatoms. The maximum Gasteiger partial charge on any atom is 0.332 e. The van der Waals surface area contributed by atoms with Gasteiger partial charge in [0.1, 0.15) is 0 Å². The van der Waals surface area contributed by atoms with Crippen molar-refractivity contribution < 1.29 is 9.53 Å². The SMILES string of the molecule is COC(=O)CCn1c(=O)c2c(nc3n(CCc4ccccc4)c(C)c(C)n23)n(C)c1=O. The van der Waals surface area contributed by atoms with Crippen LogP contribution in [0.4, 0.5) is 0 Å². The van der Waals surface area contributed by atoms with E-state index >= 15 is 0 Å². The number of nitrogens with zero attached hydrogens (tertiary/aromatic N) is 5. The molecule has 0 bridgehead atoms. The molecule has 0 saturated carbocycles. The van der Waals surface area contributed by atoms with Gasteiger partial charge in [0.2, 0.25) is 5.78 Å². The van der Waals surface area contributed by atoms with Gasteiger partial charge < -0.3 is 9.30 Å². The van der Waals surface area contributed by atoms with E-state index in [9.17, 15) is 14.4 Å². The third-order valence-electron chi connectivity index (χ3n) is 5.86. The van der Waals surface area contributed by atoms with E-state index in [-0.39, 0.29) is 13.0 Å². The summed E-state index contributed by atoms with van der Waals surface area (Å²) in [4.78, 5) is 42.2. The number of benzene rings is 1. The summed E-state index contributed by atoms with van der Waals surface area (Å²) in [5, 5.41) is 0. The molecule has 162 valence electrons. The van der Waals surface area contributed by atoms with Crippen molar-refractivity contribution in [2.75, 3.05) is 7.11 Å². The number of methoxy groups -OCH3 is 1. The Labute approximate surface area is 178 Å². The smallest absolute Gasteiger partial charge is 0.332 e. The van der Waals surface area contributed by atoms with Gasteiger partial charge in [0.15, 0.2) is 11.2 Å². The van der Waals surface area contributed by atoms with Crippen molar-refractivity contribution in [2.24, 2.45) is 7.05 Å². The molecule has 9 nitrogen and oxygen atoms in total. The van der Waals surface area contributed by atoms with Crippen LogP contribution < -0.4 is 11.2 Å². The topological polar surface area (TPSA) is 92.5 Å². The second kappa shape index (κ2) is 7.90. The Kier molecular flexibility index (Phi) is 5.26. The van der Waals surface area contributed by atoms with Gasteiger partial charge in [-0.1, -0.05) is 30.3 Å². The number of rotatable bonds is 6. The summed E-state index contributed by atoms with van der Waals surface area (Å²) >= 11 is 0. The number of hydrogen-bond donors (Lipinski definition) is 0.